The first-order chi connectivity index (χ1) is 4.72. The smallest absolute Gasteiger partial charge is 0.306 e. The molecule has 5 N–H and O–H groups in total. The number of rotatable bonds is 5. The number of hydrogen-bond acceptors (Lipinski definition) is 1. The van der Waals surface area contributed by atoms with Crippen LogP contribution in [0, 0.1) is 5.92 Å². The molecule has 0 aromatic carbocycles. The van der Waals surface area contributed by atoms with E-state index < -0.39 is 5.97 Å². The molecular weight excluding hydrogens is 211 g/mol. The van der Waals surface area contributed by atoms with E-state index in [9.17, 15) is 4.79 Å². The number of aliphatic carboxylic acids is 1. The Bertz CT molecular complexity index is 108. The second-order valence-electron chi connectivity index (χ2n) is 2.59. The van der Waals surface area contributed by atoms with Crippen molar-refractivity contribution >= 4 is 5.97 Å². The van der Waals surface area contributed by atoms with Gasteiger partial charge in [-0.3, -0.25) is 4.79 Å². The number of hydrogen-bond donors (Lipinski definition) is 1. The van der Waals surface area contributed by atoms with Crippen molar-refractivity contribution in [2.75, 3.05) is 0 Å². The van der Waals surface area contributed by atoms with Gasteiger partial charge in [0, 0.05) is 18.6 Å². The van der Waals surface area contributed by atoms with Gasteiger partial charge in [-0.1, -0.05) is 26.7 Å². The van der Waals surface area contributed by atoms with Crippen LogP contribution >= 0.6 is 0 Å². The van der Waals surface area contributed by atoms with Crippen molar-refractivity contribution in [2.24, 2.45) is 5.92 Å². The molecule has 1 atom stereocenters. The normalized spacial score (nSPS) is 10.0. The summed E-state index contributed by atoms with van der Waals surface area (Å²) < 4.78 is 0. The summed E-state index contributed by atoms with van der Waals surface area (Å²) in [5.41, 5.74) is 0. The average Bonchev–Trinajstić information content (AvgIpc) is 1.89. The molecule has 0 spiro atoms. The zero-order valence-electron chi connectivity index (χ0n) is 8.21. The van der Waals surface area contributed by atoms with Crippen LogP contribution in [0.4, 0.5) is 0 Å². The van der Waals surface area contributed by atoms with Gasteiger partial charge >= 0.3 is 5.97 Å². The summed E-state index contributed by atoms with van der Waals surface area (Å²) in [4.78, 5) is 10.4. The van der Waals surface area contributed by atoms with Crippen molar-refractivity contribution in [2.45, 2.75) is 39.5 Å². The zero-order valence-corrected chi connectivity index (χ0v) is 9.61. The molecule has 0 saturated heterocycles. The van der Waals surface area contributed by atoms with E-state index in [1.165, 1.54) is 0 Å². The van der Waals surface area contributed by atoms with E-state index in [2.05, 4.69) is 6.92 Å². The molecule has 0 aromatic rings. The fraction of sp³-hybridized carbons (Fsp3) is 0.875. The Morgan fingerprint density at radius 2 is 1.77 bits per heavy atom. The maximum atomic E-state index is 10.4. The molecule has 0 aliphatic rings. The minimum Gasteiger partial charge on any atom is -0.481 e. The molecule has 0 aliphatic heterocycles. The number of carboxylic acid groups (broad SMARTS) is 1. The Kier molecular flexibility index (Phi) is 25.8. The maximum absolute atomic E-state index is 10.4. The fourth-order valence-corrected chi connectivity index (χ4v) is 0.953. The standard InChI is InChI=1S/C8H16O2.2H2O.V/c1-3-5-6-7(4-2)8(9)10;;;/h7H,3-6H2,1-2H3,(H,9,10);2*1H2;. The van der Waals surface area contributed by atoms with Gasteiger partial charge in [0.05, 0.1) is 5.92 Å². The van der Waals surface area contributed by atoms with E-state index in [4.69, 9.17) is 5.11 Å². The average molecular weight is 231 g/mol. The summed E-state index contributed by atoms with van der Waals surface area (Å²) in [6.07, 6.45) is 3.71. The third-order valence-corrected chi connectivity index (χ3v) is 1.75. The van der Waals surface area contributed by atoms with Gasteiger partial charge in [0.1, 0.15) is 0 Å². The van der Waals surface area contributed by atoms with Crippen molar-refractivity contribution in [3.8, 4) is 0 Å². The van der Waals surface area contributed by atoms with Gasteiger partial charge in [0.15, 0.2) is 0 Å². The van der Waals surface area contributed by atoms with Crippen LogP contribution in [0.15, 0.2) is 0 Å². The summed E-state index contributed by atoms with van der Waals surface area (Å²) in [5, 5.41) is 8.60. The SMILES string of the molecule is CCCCC(CC)C(=O)O.O.O.[V]. The molecule has 5 heteroatoms. The maximum Gasteiger partial charge on any atom is 0.306 e. The molecule has 0 aromatic heterocycles. The number of carbonyl (C=O) groups is 1. The Labute approximate surface area is 91.2 Å². The van der Waals surface area contributed by atoms with Gasteiger partial charge in [-0.25, -0.2) is 0 Å². The molecule has 0 bridgehead atoms. The van der Waals surface area contributed by atoms with Crippen molar-refractivity contribution in [1.29, 1.82) is 0 Å². The van der Waals surface area contributed by atoms with E-state index >= 15 is 0 Å². The molecule has 4 nitrogen and oxygen atoms in total. The van der Waals surface area contributed by atoms with Crippen LogP contribution in [-0.2, 0) is 23.4 Å². The summed E-state index contributed by atoms with van der Waals surface area (Å²) in [6.45, 7) is 4.00. The molecule has 0 saturated carbocycles. The zero-order chi connectivity index (χ0) is 7.98. The molecular formula is C8H20O4V. The van der Waals surface area contributed by atoms with Crippen molar-refractivity contribution in [3.63, 3.8) is 0 Å². The van der Waals surface area contributed by atoms with Crippen LogP contribution < -0.4 is 0 Å². The molecule has 1 radical (unpaired) electrons. The second-order valence-corrected chi connectivity index (χ2v) is 2.59. The first-order valence-electron chi connectivity index (χ1n) is 3.95. The van der Waals surface area contributed by atoms with Crippen LogP contribution in [0.2, 0.25) is 0 Å². The fourth-order valence-electron chi connectivity index (χ4n) is 0.953. The van der Waals surface area contributed by atoms with E-state index in [1.807, 2.05) is 6.92 Å². The van der Waals surface area contributed by atoms with Crippen molar-refractivity contribution in [1.82, 2.24) is 0 Å². The van der Waals surface area contributed by atoms with Gasteiger partial charge in [0.2, 0.25) is 0 Å². The van der Waals surface area contributed by atoms with Crippen LogP contribution in [0.1, 0.15) is 39.5 Å². The second kappa shape index (κ2) is 14.5. The predicted molar refractivity (Wildman–Crippen MR) is 48.2 cm³/mol. The molecule has 0 rings (SSSR count). The first-order valence-corrected chi connectivity index (χ1v) is 3.95. The van der Waals surface area contributed by atoms with E-state index in [0.29, 0.717) is 0 Å². The van der Waals surface area contributed by atoms with Crippen LogP contribution in [0.25, 0.3) is 0 Å². The monoisotopic (exact) mass is 231 g/mol. The molecule has 0 heterocycles. The Balaban J connectivity index is -0.000000135. The summed E-state index contributed by atoms with van der Waals surface area (Å²) in [6, 6.07) is 0. The summed E-state index contributed by atoms with van der Waals surface area (Å²) in [5.74, 6) is -0.754. The van der Waals surface area contributed by atoms with Crippen LogP contribution in [0.3, 0.4) is 0 Å². The molecule has 1 unspecified atom stereocenters. The van der Waals surface area contributed by atoms with Gasteiger partial charge < -0.3 is 16.1 Å². The van der Waals surface area contributed by atoms with Gasteiger partial charge in [-0.05, 0) is 12.8 Å². The minimum absolute atomic E-state index is 0. The molecule has 13 heavy (non-hydrogen) atoms. The van der Waals surface area contributed by atoms with Crippen molar-refractivity contribution in [3.05, 3.63) is 0 Å². The largest absolute Gasteiger partial charge is 0.481 e. The Hall–Kier alpha value is -0.0256. The number of carboxylic acids is 1. The molecule has 0 amide bonds. The molecule has 0 aliphatic carbocycles. The van der Waals surface area contributed by atoms with Gasteiger partial charge in [0.25, 0.3) is 0 Å². The molecule has 0 fully saturated rings. The predicted octanol–water partition coefficient (Wildman–Crippen LogP) is 0.635. The quantitative estimate of drug-likeness (QED) is 0.750. The minimum atomic E-state index is -0.643. The van der Waals surface area contributed by atoms with E-state index in [-0.39, 0.29) is 35.4 Å². The Morgan fingerprint density at radius 1 is 1.31 bits per heavy atom. The third kappa shape index (κ3) is 12.0. The number of unbranched alkanes of at least 4 members (excludes halogenated alkanes) is 1. The van der Waals surface area contributed by atoms with Crippen LogP contribution in [-0.4, -0.2) is 22.0 Å². The summed E-state index contributed by atoms with van der Waals surface area (Å²) >= 11 is 0. The molecule has 81 valence electrons. The van der Waals surface area contributed by atoms with Crippen molar-refractivity contribution < 1.29 is 39.4 Å². The van der Waals surface area contributed by atoms with E-state index in [0.717, 1.165) is 25.7 Å². The van der Waals surface area contributed by atoms with E-state index in [1.54, 1.807) is 0 Å². The van der Waals surface area contributed by atoms with Gasteiger partial charge in [-0.15, -0.1) is 0 Å². The van der Waals surface area contributed by atoms with Gasteiger partial charge in [-0.2, -0.15) is 0 Å². The van der Waals surface area contributed by atoms with Crippen LogP contribution in [0.5, 0.6) is 0 Å². The summed E-state index contributed by atoms with van der Waals surface area (Å²) in [7, 11) is 0. The topological polar surface area (TPSA) is 100 Å². The Morgan fingerprint density at radius 3 is 2.00 bits per heavy atom. The third-order valence-electron chi connectivity index (χ3n) is 1.75. The first kappa shape index (κ1) is 23.1.